The van der Waals surface area contributed by atoms with Crippen LogP contribution in [0.4, 0.5) is 5.69 Å². The third-order valence-electron chi connectivity index (χ3n) is 5.67. The van der Waals surface area contributed by atoms with Crippen LogP contribution in [0.5, 0.6) is 0 Å². The van der Waals surface area contributed by atoms with Crippen molar-refractivity contribution in [2.45, 2.75) is 40.7 Å². The molecule has 1 amide bonds. The number of carbonyl (C=O) groups is 1. The lowest BCUT2D eigenvalue weighted by Crippen LogP contribution is -2.32. The van der Waals surface area contributed by atoms with Gasteiger partial charge in [0.15, 0.2) is 0 Å². The maximum absolute atomic E-state index is 13.5. The Balaban J connectivity index is 1.76. The first kappa shape index (κ1) is 22.4. The third kappa shape index (κ3) is 4.02. The zero-order chi connectivity index (χ0) is 23.2. The van der Waals surface area contributed by atoms with Gasteiger partial charge in [0.2, 0.25) is 5.91 Å². The summed E-state index contributed by atoms with van der Waals surface area (Å²) in [5, 5.41) is 3.56. The van der Waals surface area contributed by atoms with Crippen LogP contribution >= 0.6 is 27.3 Å². The molecule has 0 fully saturated rings. The highest BCUT2D eigenvalue weighted by molar-refractivity contribution is 9.10. The highest BCUT2D eigenvalue weighted by atomic mass is 79.9. The number of carbonyl (C=O) groups excluding carboxylic acids is 1. The van der Waals surface area contributed by atoms with Crippen molar-refractivity contribution in [3.8, 4) is 11.1 Å². The Morgan fingerprint density at radius 1 is 1.09 bits per heavy atom. The van der Waals surface area contributed by atoms with E-state index in [0.29, 0.717) is 10.2 Å². The number of aryl methyl sites for hydroxylation is 4. The molecular formula is C25H24BrN3O2S. The molecule has 164 valence electrons. The number of halogens is 1. The molecule has 0 bridgehead atoms. The Morgan fingerprint density at radius 2 is 1.72 bits per heavy atom. The first-order valence-corrected chi connectivity index (χ1v) is 11.9. The molecule has 5 nitrogen and oxygen atoms in total. The largest absolute Gasteiger partial charge is 0.324 e. The van der Waals surface area contributed by atoms with Crippen LogP contribution in [0.1, 0.15) is 34.5 Å². The van der Waals surface area contributed by atoms with E-state index in [0.717, 1.165) is 42.9 Å². The smallest absolute Gasteiger partial charge is 0.263 e. The number of nitrogens with one attached hydrogen (secondary N) is 1. The molecule has 4 aromatic rings. The van der Waals surface area contributed by atoms with Crippen molar-refractivity contribution in [1.82, 2.24) is 9.55 Å². The second-order valence-corrected chi connectivity index (χ2v) is 10.2. The second-order valence-electron chi connectivity index (χ2n) is 8.12. The summed E-state index contributed by atoms with van der Waals surface area (Å²) in [4.78, 5) is 32.8. The van der Waals surface area contributed by atoms with E-state index in [-0.39, 0.29) is 11.5 Å². The summed E-state index contributed by atoms with van der Waals surface area (Å²) < 4.78 is 2.39. The van der Waals surface area contributed by atoms with Crippen LogP contribution in [-0.4, -0.2) is 15.5 Å². The zero-order valence-corrected chi connectivity index (χ0v) is 21.0. The van der Waals surface area contributed by atoms with Gasteiger partial charge in [-0.1, -0.05) is 45.8 Å². The number of aromatic nitrogens is 2. The van der Waals surface area contributed by atoms with Crippen molar-refractivity contribution in [2.24, 2.45) is 0 Å². The van der Waals surface area contributed by atoms with Crippen LogP contribution in [-0.2, 0) is 4.79 Å². The van der Waals surface area contributed by atoms with Gasteiger partial charge in [0.25, 0.3) is 5.56 Å². The van der Waals surface area contributed by atoms with E-state index >= 15 is 0 Å². The van der Waals surface area contributed by atoms with Gasteiger partial charge in [-0.2, -0.15) is 0 Å². The first-order chi connectivity index (χ1) is 15.2. The van der Waals surface area contributed by atoms with E-state index in [4.69, 9.17) is 0 Å². The van der Waals surface area contributed by atoms with Crippen molar-refractivity contribution in [3.05, 3.63) is 79.1 Å². The van der Waals surface area contributed by atoms with E-state index in [1.165, 1.54) is 22.2 Å². The Morgan fingerprint density at radius 3 is 2.34 bits per heavy atom. The standard InChI is InChI=1S/C25H24BrN3O2S/c1-13-10-14(2)22(15(3)11-13)28-23(30)16(4)29-12-27-24-21(25(29)31)20(17(5)32-24)18-6-8-19(26)9-7-18/h6-12,16H,1-5H3,(H,28,30). The predicted molar refractivity (Wildman–Crippen MR) is 136 cm³/mol. The first-order valence-electron chi connectivity index (χ1n) is 10.3. The third-order valence-corrected chi connectivity index (χ3v) is 7.21. The Hall–Kier alpha value is -2.77. The normalized spacial score (nSPS) is 12.2. The van der Waals surface area contributed by atoms with Gasteiger partial charge in [-0.3, -0.25) is 14.2 Å². The van der Waals surface area contributed by atoms with Gasteiger partial charge in [0, 0.05) is 20.6 Å². The van der Waals surface area contributed by atoms with Gasteiger partial charge in [0.05, 0.1) is 11.7 Å². The Labute approximate surface area is 199 Å². The van der Waals surface area contributed by atoms with E-state index in [1.807, 2.05) is 64.1 Å². The van der Waals surface area contributed by atoms with E-state index in [1.54, 1.807) is 6.92 Å². The van der Waals surface area contributed by atoms with E-state index < -0.39 is 6.04 Å². The number of nitrogens with zero attached hydrogens (tertiary/aromatic N) is 2. The number of amides is 1. The minimum atomic E-state index is -0.711. The summed E-state index contributed by atoms with van der Waals surface area (Å²) in [6.45, 7) is 9.69. The van der Waals surface area contributed by atoms with Crippen LogP contribution in [0.25, 0.3) is 21.3 Å². The lowest BCUT2D eigenvalue weighted by Gasteiger charge is -2.18. The fraction of sp³-hybridized carbons (Fsp3) is 0.240. The highest BCUT2D eigenvalue weighted by Crippen LogP contribution is 2.36. The molecule has 4 rings (SSSR count). The summed E-state index contributed by atoms with van der Waals surface area (Å²) in [5.74, 6) is -0.250. The van der Waals surface area contributed by atoms with Crippen molar-refractivity contribution in [1.29, 1.82) is 0 Å². The summed E-state index contributed by atoms with van der Waals surface area (Å²) in [6.07, 6.45) is 1.48. The summed E-state index contributed by atoms with van der Waals surface area (Å²) in [6, 6.07) is 11.2. The summed E-state index contributed by atoms with van der Waals surface area (Å²) >= 11 is 4.95. The average molecular weight is 510 g/mol. The fourth-order valence-corrected chi connectivity index (χ4v) is 5.35. The quantitative estimate of drug-likeness (QED) is 0.350. The van der Waals surface area contributed by atoms with Crippen LogP contribution < -0.4 is 10.9 Å². The molecule has 2 aromatic carbocycles. The number of rotatable bonds is 4. The van der Waals surface area contributed by atoms with Crippen LogP contribution in [0, 0.1) is 27.7 Å². The van der Waals surface area contributed by atoms with Gasteiger partial charge >= 0.3 is 0 Å². The van der Waals surface area contributed by atoms with Crippen LogP contribution in [0.15, 0.2) is 52.0 Å². The molecule has 0 radical (unpaired) electrons. The molecule has 2 heterocycles. The van der Waals surface area contributed by atoms with Gasteiger partial charge in [-0.25, -0.2) is 4.98 Å². The number of thiophene rings is 1. The maximum atomic E-state index is 13.5. The van der Waals surface area contributed by atoms with Gasteiger partial charge in [-0.05, 0) is 63.4 Å². The van der Waals surface area contributed by atoms with Crippen LogP contribution in [0.3, 0.4) is 0 Å². The minimum absolute atomic E-state index is 0.211. The molecule has 0 aliphatic carbocycles. The highest BCUT2D eigenvalue weighted by Gasteiger charge is 2.22. The van der Waals surface area contributed by atoms with Gasteiger partial charge < -0.3 is 5.32 Å². The van der Waals surface area contributed by atoms with Gasteiger partial charge in [-0.15, -0.1) is 11.3 Å². The number of anilines is 1. The minimum Gasteiger partial charge on any atom is -0.324 e. The molecule has 32 heavy (non-hydrogen) atoms. The van der Waals surface area contributed by atoms with Crippen molar-refractivity contribution in [2.75, 3.05) is 5.32 Å². The van der Waals surface area contributed by atoms with Crippen molar-refractivity contribution < 1.29 is 4.79 Å². The number of benzene rings is 2. The lowest BCUT2D eigenvalue weighted by atomic mass is 10.0. The molecule has 0 aliphatic rings. The molecule has 0 saturated heterocycles. The summed E-state index contributed by atoms with van der Waals surface area (Å²) in [5.41, 5.74) is 5.54. The number of fused-ring (bicyclic) bond motifs is 1. The van der Waals surface area contributed by atoms with E-state index in [2.05, 4.69) is 26.2 Å². The molecule has 0 spiro atoms. The van der Waals surface area contributed by atoms with Gasteiger partial charge in [0.1, 0.15) is 10.9 Å². The molecule has 7 heteroatoms. The molecule has 1 N–H and O–H groups in total. The molecule has 0 aliphatic heterocycles. The Bertz CT molecular complexity index is 1380. The fourth-order valence-electron chi connectivity index (χ4n) is 4.09. The maximum Gasteiger partial charge on any atom is 0.263 e. The number of hydrogen-bond donors (Lipinski definition) is 1. The second kappa shape index (κ2) is 8.64. The Kier molecular flexibility index (Phi) is 6.05. The molecule has 1 atom stereocenters. The van der Waals surface area contributed by atoms with E-state index in [9.17, 15) is 9.59 Å². The zero-order valence-electron chi connectivity index (χ0n) is 18.6. The average Bonchev–Trinajstić information content (AvgIpc) is 3.07. The lowest BCUT2D eigenvalue weighted by molar-refractivity contribution is -0.118. The van der Waals surface area contributed by atoms with Crippen molar-refractivity contribution >= 4 is 49.1 Å². The van der Waals surface area contributed by atoms with Crippen molar-refractivity contribution in [3.63, 3.8) is 0 Å². The predicted octanol–water partition coefficient (Wildman–Crippen LogP) is 6.32. The van der Waals surface area contributed by atoms with Crippen LogP contribution in [0.2, 0.25) is 0 Å². The molecule has 0 saturated carbocycles. The SMILES string of the molecule is Cc1cc(C)c(NC(=O)C(C)n2cnc3sc(C)c(-c4ccc(Br)cc4)c3c2=O)c(C)c1. The molecule has 1 unspecified atom stereocenters. The topological polar surface area (TPSA) is 64.0 Å². The number of hydrogen-bond acceptors (Lipinski definition) is 4. The molecule has 2 aromatic heterocycles. The monoisotopic (exact) mass is 509 g/mol. The molecular weight excluding hydrogens is 486 g/mol. The summed E-state index contributed by atoms with van der Waals surface area (Å²) in [7, 11) is 0.